The minimum atomic E-state index is -1.01. The van der Waals surface area contributed by atoms with Gasteiger partial charge in [0.05, 0.1) is 12.7 Å². The van der Waals surface area contributed by atoms with Crippen LogP contribution in [0.5, 0.6) is 0 Å². The Bertz CT molecular complexity index is 1520. The van der Waals surface area contributed by atoms with Crippen molar-refractivity contribution >= 4 is 28.4 Å². The van der Waals surface area contributed by atoms with Crippen LogP contribution in [0, 0.1) is 0 Å². The third kappa shape index (κ3) is 4.09. The Hall–Kier alpha value is -3.96. The van der Waals surface area contributed by atoms with Gasteiger partial charge in [0.25, 0.3) is 5.56 Å². The molecule has 0 aliphatic carbocycles. The van der Waals surface area contributed by atoms with Gasteiger partial charge in [0.1, 0.15) is 16.8 Å². The predicted molar refractivity (Wildman–Crippen MR) is 143 cm³/mol. The number of aryl methyl sites for hydroxylation is 1. The van der Waals surface area contributed by atoms with E-state index in [1.165, 1.54) is 10.4 Å². The first-order valence-electron chi connectivity index (χ1n) is 12.5. The average molecular weight is 502 g/mol. The summed E-state index contributed by atoms with van der Waals surface area (Å²) in [7, 11) is 2.15. The lowest BCUT2D eigenvalue weighted by atomic mass is 10.1. The van der Waals surface area contributed by atoms with Crippen LogP contribution in [-0.4, -0.2) is 72.1 Å². The van der Waals surface area contributed by atoms with Gasteiger partial charge in [-0.25, -0.2) is 19.3 Å². The van der Waals surface area contributed by atoms with E-state index in [2.05, 4.69) is 50.8 Å². The Kier molecular flexibility index (Phi) is 5.61. The summed E-state index contributed by atoms with van der Waals surface area (Å²) in [6, 6.07) is 8.22. The number of hydrogen-bond acceptors (Lipinski definition) is 8. The molecule has 192 valence electrons. The Balaban J connectivity index is 1.34. The summed E-state index contributed by atoms with van der Waals surface area (Å²) >= 11 is 0. The number of fused-ring (bicyclic) bond motifs is 2. The highest BCUT2D eigenvalue weighted by molar-refractivity contribution is 5.77. The molecular formula is C26H31N9O2. The monoisotopic (exact) mass is 501 g/mol. The van der Waals surface area contributed by atoms with Crippen molar-refractivity contribution in [1.82, 2.24) is 33.8 Å². The number of anilines is 3. The van der Waals surface area contributed by atoms with Gasteiger partial charge >= 0.3 is 0 Å². The zero-order valence-electron chi connectivity index (χ0n) is 21.1. The molecule has 0 bridgehead atoms. The number of nitrogens with zero attached hydrogens (tertiary/aromatic N) is 8. The molecule has 0 unspecified atom stereocenters. The lowest BCUT2D eigenvalue weighted by Crippen LogP contribution is -2.44. The second kappa shape index (κ2) is 8.86. The number of rotatable bonds is 6. The molecule has 1 saturated heterocycles. The molecule has 3 aromatic heterocycles. The molecule has 0 amide bonds. The summed E-state index contributed by atoms with van der Waals surface area (Å²) in [5.74, 6) is 1.47. The smallest absolute Gasteiger partial charge is 0.278 e. The fourth-order valence-corrected chi connectivity index (χ4v) is 5.11. The molecule has 11 nitrogen and oxygen atoms in total. The fraction of sp³-hybridized carbons (Fsp3) is 0.385. The average Bonchev–Trinajstić information content (AvgIpc) is 3.52. The lowest BCUT2D eigenvalue weighted by Gasteiger charge is -2.34. The van der Waals surface area contributed by atoms with E-state index >= 15 is 0 Å². The van der Waals surface area contributed by atoms with Crippen molar-refractivity contribution in [2.45, 2.75) is 32.0 Å². The maximum atomic E-state index is 13.2. The van der Waals surface area contributed by atoms with Crippen molar-refractivity contribution in [3.63, 3.8) is 0 Å². The first-order chi connectivity index (χ1) is 17.8. The van der Waals surface area contributed by atoms with Crippen molar-refractivity contribution in [3.8, 4) is 5.82 Å². The highest BCUT2D eigenvalue weighted by Crippen LogP contribution is 2.32. The molecule has 11 heteroatoms. The van der Waals surface area contributed by atoms with Gasteiger partial charge in [-0.05, 0) is 38.2 Å². The lowest BCUT2D eigenvalue weighted by molar-refractivity contribution is 0.0551. The van der Waals surface area contributed by atoms with Gasteiger partial charge < -0.3 is 24.8 Å². The van der Waals surface area contributed by atoms with Crippen LogP contribution in [0.15, 0.2) is 54.1 Å². The SMILES string of the molecule is C=CCn1c(=O)c2cnc(Nc3ccc(N4CCN(C)CC4)cc3)nc2n1-c1cn2c(n1)[C@](C)(O)CC2. The summed E-state index contributed by atoms with van der Waals surface area (Å²) in [6.45, 7) is 10.6. The van der Waals surface area contributed by atoms with Crippen molar-refractivity contribution in [3.05, 3.63) is 65.5 Å². The molecule has 2 aliphatic rings. The fourth-order valence-electron chi connectivity index (χ4n) is 5.11. The normalized spacial score (nSPS) is 19.9. The standard InChI is InChI=1S/C26H31N9O2/c1-4-10-34-23(36)20-16-27-25(28-18-5-7-19(8-6-18)32-14-12-31(3)13-15-32)30-22(20)35(34)21-17-33-11-9-26(2,37)24(33)29-21/h4-8,16-17,37H,1,9-15H2,2-3H3,(H,27,28,30)/t26-/m1/s1. The van der Waals surface area contributed by atoms with E-state index in [0.29, 0.717) is 41.6 Å². The minimum absolute atomic E-state index is 0.224. The molecule has 1 aromatic carbocycles. The van der Waals surface area contributed by atoms with E-state index in [1.807, 2.05) is 22.9 Å². The van der Waals surface area contributed by atoms with Crippen molar-refractivity contribution < 1.29 is 5.11 Å². The zero-order chi connectivity index (χ0) is 25.7. The van der Waals surface area contributed by atoms with Crippen LogP contribution >= 0.6 is 0 Å². The van der Waals surface area contributed by atoms with Gasteiger partial charge in [-0.3, -0.25) is 4.79 Å². The van der Waals surface area contributed by atoms with Crippen molar-refractivity contribution in [1.29, 1.82) is 0 Å². The topological polar surface area (TPSA) is 109 Å². The molecule has 2 N–H and O–H groups in total. The molecule has 6 rings (SSSR count). The summed E-state index contributed by atoms with van der Waals surface area (Å²) in [6.07, 6.45) is 5.65. The number of imidazole rings is 1. The summed E-state index contributed by atoms with van der Waals surface area (Å²) < 4.78 is 5.14. The quantitative estimate of drug-likeness (QED) is 0.387. The summed E-state index contributed by atoms with van der Waals surface area (Å²) in [5, 5.41) is 14.4. The van der Waals surface area contributed by atoms with Crippen LogP contribution in [0.25, 0.3) is 16.9 Å². The van der Waals surface area contributed by atoms with Crippen LogP contribution in [0.4, 0.5) is 17.3 Å². The van der Waals surface area contributed by atoms with E-state index in [1.54, 1.807) is 23.9 Å². The van der Waals surface area contributed by atoms with Gasteiger partial charge in [-0.1, -0.05) is 6.08 Å². The van der Waals surface area contributed by atoms with E-state index in [9.17, 15) is 9.90 Å². The maximum Gasteiger partial charge on any atom is 0.278 e. The summed E-state index contributed by atoms with van der Waals surface area (Å²) in [4.78, 5) is 31.7. The Morgan fingerprint density at radius 3 is 2.59 bits per heavy atom. The number of nitrogens with one attached hydrogen (secondary N) is 1. The van der Waals surface area contributed by atoms with Gasteiger partial charge in [0.15, 0.2) is 11.5 Å². The van der Waals surface area contributed by atoms with Crippen LogP contribution in [-0.2, 0) is 18.7 Å². The number of benzene rings is 1. The van der Waals surface area contributed by atoms with Crippen molar-refractivity contribution in [2.75, 3.05) is 43.4 Å². The third-order valence-electron chi connectivity index (χ3n) is 7.27. The van der Waals surface area contributed by atoms with E-state index in [-0.39, 0.29) is 12.1 Å². The van der Waals surface area contributed by atoms with Gasteiger partial charge in [-0.2, -0.15) is 4.98 Å². The van der Waals surface area contributed by atoms with E-state index in [0.717, 1.165) is 31.9 Å². The third-order valence-corrected chi connectivity index (χ3v) is 7.27. The van der Waals surface area contributed by atoms with E-state index in [4.69, 9.17) is 4.98 Å². The molecule has 1 fully saturated rings. The molecule has 2 aliphatic heterocycles. The van der Waals surface area contributed by atoms with E-state index < -0.39 is 5.60 Å². The molecule has 5 heterocycles. The largest absolute Gasteiger partial charge is 0.382 e. The number of likely N-dealkylation sites (N-methyl/N-ethyl adjacent to an activating group) is 1. The maximum absolute atomic E-state index is 13.2. The molecule has 0 spiro atoms. The summed E-state index contributed by atoms with van der Waals surface area (Å²) in [5.41, 5.74) is 1.25. The first-order valence-corrected chi connectivity index (χ1v) is 12.5. The Morgan fingerprint density at radius 2 is 1.89 bits per heavy atom. The second-order valence-corrected chi connectivity index (χ2v) is 10.0. The number of aromatic nitrogens is 6. The second-order valence-electron chi connectivity index (χ2n) is 10.0. The van der Waals surface area contributed by atoms with Crippen LogP contribution in [0.1, 0.15) is 19.2 Å². The highest BCUT2D eigenvalue weighted by Gasteiger charge is 2.35. The van der Waals surface area contributed by atoms with Crippen LogP contribution in [0.2, 0.25) is 0 Å². The van der Waals surface area contributed by atoms with Gasteiger partial charge in [0.2, 0.25) is 5.95 Å². The first kappa shape index (κ1) is 23.4. The van der Waals surface area contributed by atoms with Gasteiger partial charge in [0, 0.05) is 56.7 Å². The predicted octanol–water partition coefficient (Wildman–Crippen LogP) is 2.07. The van der Waals surface area contributed by atoms with Crippen molar-refractivity contribution in [2.24, 2.45) is 0 Å². The van der Waals surface area contributed by atoms with Crippen LogP contribution in [0.3, 0.4) is 0 Å². The Labute approximate surface area is 214 Å². The molecule has 1 atom stereocenters. The highest BCUT2D eigenvalue weighted by atomic mass is 16.3. The number of hydrogen-bond donors (Lipinski definition) is 2. The van der Waals surface area contributed by atoms with Gasteiger partial charge in [-0.15, -0.1) is 6.58 Å². The molecular weight excluding hydrogens is 470 g/mol. The van der Waals surface area contributed by atoms with Crippen LogP contribution < -0.4 is 15.8 Å². The number of allylic oxidation sites excluding steroid dienone is 1. The number of aliphatic hydroxyl groups is 1. The minimum Gasteiger partial charge on any atom is -0.382 e. The Morgan fingerprint density at radius 1 is 1.14 bits per heavy atom. The zero-order valence-corrected chi connectivity index (χ0v) is 21.1. The molecule has 0 saturated carbocycles. The molecule has 37 heavy (non-hydrogen) atoms. The number of piperazine rings is 1. The molecule has 0 radical (unpaired) electrons. The molecule has 4 aromatic rings.